The first-order valence-corrected chi connectivity index (χ1v) is 10.9. The van der Waals surface area contributed by atoms with E-state index in [-0.39, 0.29) is 13.2 Å². The number of aliphatic hydroxyl groups excluding tert-OH is 2. The van der Waals surface area contributed by atoms with E-state index in [1.165, 1.54) is 7.11 Å². The summed E-state index contributed by atoms with van der Waals surface area (Å²) in [6.45, 7) is 11.1. The summed E-state index contributed by atoms with van der Waals surface area (Å²) in [7, 11) is 2.96. The van der Waals surface area contributed by atoms with Crippen LogP contribution in [-0.2, 0) is 37.0 Å². The zero-order valence-corrected chi connectivity index (χ0v) is 20.0. The summed E-state index contributed by atoms with van der Waals surface area (Å²) in [6.07, 6.45) is 2.19. The SMILES string of the molecule is CC.CCCCN(CCOCCOCCOC)c1cc(CO)cc(CO)c1.COC=O. The molecule has 8 nitrogen and oxygen atoms in total. The van der Waals surface area contributed by atoms with Gasteiger partial charge in [-0.15, -0.1) is 0 Å². The predicted molar refractivity (Wildman–Crippen MR) is 123 cm³/mol. The molecule has 1 rings (SSSR count). The van der Waals surface area contributed by atoms with Gasteiger partial charge in [-0.3, -0.25) is 4.79 Å². The van der Waals surface area contributed by atoms with E-state index in [4.69, 9.17) is 19.0 Å². The van der Waals surface area contributed by atoms with Crippen molar-refractivity contribution in [3.63, 3.8) is 0 Å². The van der Waals surface area contributed by atoms with Gasteiger partial charge in [-0.25, -0.2) is 0 Å². The largest absolute Gasteiger partial charge is 0.471 e. The van der Waals surface area contributed by atoms with Gasteiger partial charge in [0.25, 0.3) is 6.47 Å². The summed E-state index contributed by atoms with van der Waals surface area (Å²) in [5, 5.41) is 18.9. The van der Waals surface area contributed by atoms with Gasteiger partial charge in [-0.1, -0.05) is 33.3 Å². The average Bonchev–Trinajstić information content (AvgIpc) is 2.83. The highest BCUT2D eigenvalue weighted by molar-refractivity contribution is 5.51. The Balaban J connectivity index is 0. The van der Waals surface area contributed by atoms with E-state index in [9.17, 15) is 10.2 Å². The second-order valence-corrected chi connectivity index (χ2v) is 6.21. The third-order valence-electron chi connectivity index (χ3n) is 3.95. The number of carbonyl (C=O) groups is 1. The molecule has 0 aliphatic rings. The molecule has 0 unspecified atom stereocenters. The number of rotatable bonds is 16. The molecule has 2 N–H and O–H groups in total. The van der Waals surface area contributed by atoms with Crippen molar-refractivity contribution in [3.8, 4) is 0 Å². The Kier molecular flexibility index (Phi) is 24.9. The summed E-state index contributed by atoms with van der Waals surface area (Å²) >= 11 is 0. The molecule has 0 aromatic heterocycles. The zero-order chi connectivity index (χ0) is 23.7. The highest BCUT2D eigenvalue weighted by Gasteiger charge is 2.09. The number of benzene rings is 1. The van der Waals surface area contributed by atoms with Crippen LogP contribution in [0.4, 0.5) is 5.69 Å². The summed E-state index contributed by atoms with van der Waals surface area (Å²) in [4.78, 5) is 11.2. The lowest BCUT2D eigenvalue weighted by molar-refractivity contribution is -0.126. The van der Waals surface area contributed by atoms with Crippen LogP contribution in [0.25, 0.3) is 0 Å². The predicted octanol–water partition coefficient (Wildman–Crippen LogP) is 2.77. The van der Waals surface area contributed by atoms with Crippen LogP contribution in [0.5, 0.6) is 0 Å². The molecule has 0 aliphatic carbocycles. The molecule has 8 heteroatoms. The van der Waals surface area contributed by atoms with Crippen molar-refractivity contribution in [1.82, 2.24) is 0 Å². The van der Waals surface area contributed by atoms with Gasteiger partial charge in [-0.2, -0.15) is 0 Å². The van der Waals surface area contributed by atoms with E-state index >= 15 is 0 Å². The fraction of sp³-hybridized carbons (Fsp3) is 0.696. The molecular formula is C23H43NO7. The number of methoxy groups -OCH3 is 2. The third kappa shape index (κ3) is 17.6. The molecule has 0 aliphatic heterocycles. The van der Waals surface area contributed by atoms with Crippen molar-refractivity contribution in [2.24, 2.45) is 0 Å². The van der Waals surface area contributed by atoms with Crippen molar-refractivity contribution in [2.75, 3.05) is 65.2 Å². The van der Waals surface area contributed by atoms with Gasteiger partial charge in [-0.05, 0) is 29.7 Å². The maximum Gasteiger partial charge on any atom is 0.292 e. The van der Waals surface area contributed by atoms with E-state index < -0.39 is 0 Å². The minimum Gasteiger partial charge on any atom is -0.471 e. The van der Waals surface area contributed by atoms with Crippen molar-refractivity contribution in [3.05, 3.63) is 29.3 Å². The molecule has 0 spiro atoms. The molecule has 0 bridgehead atoms. The zero-order valence-electron chi connectivity index (χ0n) is 20.0. The number of hydrogen-bond donors (Lipinski definition) is 2. The molecule has 31 heavy (non-hydrogen) atoms. The van der Waals surface area contributed by atoms with Gasteiger partial charge >= 0.3 is 0 Å². The van der Waals surface area contributed by atoms with Crippen molar-refractivity contribution in [2.45, 2.75) is 46.8 Å². The first-order chi connectivity index (χ1) is 15.2. The van der Waals surface area contributed by atoms with Crippen LogP contribution < -0.4 is 4.90 Å². The van der Waals surface area contributed by atoms with Gasteiger partial charge in [0, 0.05) is 25.9 Å². The van der Waals surface area contributed by atoms with Crippen LogP contribution in [0.15, 0.2) is 18.2 Å². The Bertz CT molecular complexity index is 492. The molecule has 1 aromatic carbocycles. The van der Waals surface area contributed by atoms with Gasteiger partial charge in [0.15, 0.2) is 0 Å². The smallest absolute Gasteiger partial charge is 0.292 e. The van der Waals surface area contributed by atoms with Gasteiger partial charge in [0.1, 0.15) is 0 Å². The molecule has 0 radical (unpaired) electrons. The van der Waals surface area contributed by atoms with E-state index in [1.54, 1.807) is 7.11 Å². The highest BCUT2D eigenvalue weighted by atomic mass is 16.5. The van der Waals surface area contributed by atoms with Crippen LogP contribution >= 0.6 is 0 Å². The fourth-order valence-electron chi connectivity index (χ4n) is 2.47. The molecule has 182 valence electrons. The van der Waals surface area contributed by atoms with Crippen molar-refractivity contribution < 1.29 is 34.0 Å². The molecular weight excluding hydrogens is 402 g/mol. The number of unbranched alkanes of at least 4 members (excludes halogenated alkanes) is 1. The van der Waals surface area contributed by atoms with Crippen molar-refractivity contribution in [1.29, 1.82) is 0 Å². The van der Waals surface area contributed by atoms with Crippen LogP contribution in [0.2, 0.25) is 0 Å². The monoisotopic (exact) mass is 445 g/mol. The van der Waals surface area contributed by atoms with Crippen LogP contribution in [0.3, 0.4) is 0 Å². The molecule has 0 saturated heterocycles. The number of carbonyl (C=O) groups excluding carboxylic acids is 1. The summed E-state index contributed by atoms with van der Waals surface area (Å²) in [6, 6.07) is 5.78. The molecule has 0 saturated carbocycles. The first-order valence-electron chi connectivity index (χ1n) is 10.9. The van der Waals surface area contributed by atoms with Crippen LogP contribution in [0, 0.1) is 0 Å². The lowest BCUT2D eigenvalue weighted by atomic mass is 10.1. The number of hydrogen-bond acceptors (Lipinski definition) is 8. The molecule has 0 amide bonds. The summed E-state index contributed by atoms with van der Waals surface area (Å²) < 4.78 is 19.8. The quantitative estimate of drug-likeness (QED) is 0.296. The van der Waals surface area contributed by atoms with E-state index in [2.05, 4.69) is 16.6 Å². The Morgan fingerprint density at radius 3 is 1.84 bits per heavy atom. The van der Waals surface area contributed by atoms with Gasteiger partial charge < -0.3 is 34.1 Å². The third-order valence-corrected chi connectivity index (χ3v) is 3.95. The molecule has 0 fully saturated rings. The normalized spacial score (nSPS) is 9.77. The average molecular weight is 446 g/mol. The second-order valence-electron chi connectivity index (χ2n) is 6.21. The van der Waals surface area contributed by atoms with E-state index in [0.29, 0.717) is 39.5 Å². The van der Waals surface area contributed by atoms with Crippen LogP contribution in [0.1, 0.15) is 44.7 Å². The van der Waals surface area contributed by atoms with E-state index in [1.807, 2.05) is 32.0 Å². The van der Waals surface area contributed by atoms with Crippen LogP contribution in [-0.4, -0.2) is 77.0 Å². The lowest BCUT2D eigenvalue weighted by Crippen LogP contribution is -2.29. The molecule has 1 aromatic rings. The van der Waals surface area contributed by atoms with E-state index in [0.717, 1.165) is 42.7 Å². The van der Waals surface area contributed by atoms with Gasteiger partial charge in [0.2, 0.25) is 0 Å². The summed E-state index contributed by atoms with van der Waals surface area (Å²) in [5.41, 5.74) is 2.65. The highest BCUT2D eigenvalue weighted by Crippen LogP contribution is 2.20. The number of aliphatic hydroxyl groups is 2. The Morgan fingerprint density at radius 2 is 1.39 bits per heavy atom. The maximum absolute atomic E-state index is 9.43. The van der Waals surface area contributed by atoms with Gasteiger partial charge in [0.05, 0.1) is 53.4 Å². The minimum absolute atomic E-state index is 0.0300. The van der Waals surface area contributed by atoms with Crippen molar-refractivity contribution >= 4 is 12.2 Å². The Morgan fingerprint density at radius 1 is 0.871 bits per heavy atom. The first kappa shape index (κ1) is 31.5. The number of ether oxygens (including phenoxy) is 4. The lowest BCUT2D eigenvalue weighted by Gasteiger charge is -2.26. The minimum atomic E-state index is -0.0300. The number of anilines is 1. The summed E-state index contributed by atoms with van der Waals surface area (Å²) in [5.74, 6) is 0. The fourth-order valence-corrected chi connectivity index (χ4v) is 2.47. The second kappa shape index (κ2) is 24.6. The molecule has 0 atom stereocenters. The topological polar surface area (TPSA) is 97.7 Å². The Hall–Kier alpha value is -1.71. The molecule has 0 heterocycles. The Labute approximate surface area is 188 Å². The number of nitrogens with zero attached hydrogens (tertiary/aromatic N) is 1. The standard InChI is InChI=1S/C19H33NO5.C2H4O2.C2H6/c1-3-4-5-20(6-7-24-10-11-25-9-8-23-2)19-13-17(15-21)12-18(14-19)16-22;1-4-2-3;1-2/h12-14,21-22H,3-11,15-16H2,1-2H3;2H,1H3;1-2H3. The maximum atomic E-state index is 9.43.